The third kappa shape index (κ3) is 5.95. The Morgan fingerprint density at radius 2 is 2.07 bits per heavy atom. The van der Waals surface area contributed by atoms with Crippen LogP contribution < -0.4 is 10.1 Å². The molecule has 0 spiro atoms. The fraction of sp³-hybridized carbons (Fsp3) is 0.190. The minimum atomic E-state index is -0.0991. The van der Waals surface area contributed by atoms with Crippen molar-refractivity contribution in [2.24, 2.45) is 0 Å². The van der Waals surface area contributed by atoms with Gasteiger partial charge in [-0.1, -0.05) is 52.0 Å². The Labute approximate surface area is 182 Å². The molecule has 0 saturated carbocycles. The number of nitrogens with zero attached hydrogens (tertiary/aromatic N) is 3. The summed E-state index contributed by atoms with van der Waals surface area (Å²) in [6.07, 6.45) is 2.43. The van der Waals surface area contributed by atoms with Crippen LogP contribution in [0.3, 0.4) is 0 Å². The van der Waals surface area contributed by atoms with Crippen LogP contribution in [0.5, 0.6) is 5.75 Å². The van der Waals surface area contributed by atoms with Crippen LogP contribution in [0.25, 0.3) is 0 Å². The molecule has 6 nitrogen and oxygen atoms in total. The molecule has 1 aromatic heterocycles. The van der Waals surface area contributed by atoms with Gasteiger partial charge in [0.25, 0.3) is 0 Å². The molecule has 29 heavy (non-hydrogen) atoms. The van der Waals surface area contributed by atoms with E-state index in [2.05, 4.69) is 38.0 Å². The normalized spacial score (nSPS) is 10.6. The summed E-state index contributed by atoms with van der Waals surface area (Å²) in [5.74, 6) is 1.78. The first-order chi connectivity index (χ1) is 14.1. The number of rotatable bonds is 9. The number of thioether (sulfide) groups is 1. The van der Waals surface area contributed by atoms with E-state index in [4.69, 9.17) is 4.74 Å². The fourth-order valence-electron chi connectivity index (χ4n) is 2.69. The van der Waals surface area contributed by atoms with Crippen LogP contribution in [-0.2, 0) is 17.8 Å². The lowest BCUT2D eigenvalue weighted by atomic mass is 10.1. The number of ether oxygens (including phenoxy) is 1. The van der Waals surface area contributed by atoms with E-state index in [1.807, 2.05) is 53.1 Å². The first-order valence-corrected chi connectivity index (χ1v) is 10.7. The maximum atomic E-state index is 12.3. The molecule has 3 aromatic rings. The Morgan fingerprint density at radius 3 is 2.76 bits per heavy atom. The van der Waals surface area contributed by atoms with Gasteiger partial charge in [0.05, 0.1) is 12.9 Å². The molecule has 1 amide bonds. The number of hydrogen-bond acceptors (Lipinski definition) is 5. The molecule has 0 aliphatic carbocycles. The van der Waals surface area contributed by atoms with Crippen LogP contribution in [0.2, 0.25) is 0 Å². The fourth-order valence-corrected chi connectivity index (χ4v) is 3.85. The molecule has 0 atom stereocenters. The van der Waals surface area contributed by atoms with E-state index in [-0.39, 0.29) is 11.7 Å². The van der Waals surface area contributed by atoms with Gasteiger partial charge in [-0.05, 0) is 35.9 Å². The zero-order valence-corrected chi connectivity index (χ0v) is 18.4. The molecular weight excluding hydrogens is 452 g/mol. The predicted octanol–water partition coefficient (Wildman–Crippen LogP) is 4.56. The van der Waals surface area contributed by atoms with Crippen LogP contribution in [-0.4, -0.2) is 33.5 Å². The monoisotopic (exact) mass is 472 g/mol. The van der Waals surface area contributed by atoms with Crippen molar-refractivity contribution < 1.29 is 9.53 Å². The summed E-state index contributed by atoms with van der Waals surface area (Å²) in [4.78, 5) is 12.3. The summed E-state index contributed by atoms with van der Waals surface area (Å²) in [7, 11) is 1.64. The lowest BCUT2D eigenvalue weighted by Crippen LogP contribution is -2.14. The largest absolute Gasteiger partial charge is 0.497 e. The lowest BCUT2D eigenvalue weighted by molar-refractivity contribution is -0.113. The van der Waals surface area contributed by atoms with Crippen LogP contribution in [0.4, 0.5) is 5.69 Å². The highest BCUT2D eigenvalue weighted by molar-refractivity contribution is 9.10. The minimum Gasteiger partial charge on any atom is -0.497 e. The third-order valence-electron chi connectivity index (χ3n) is 4.07. The van der Waals surface area contributed by atoms with Crippen LogP contribution >= 0.6 is 27.7 Å². The van der Waals surface area contributed by atoms with Crippen molar-refractivity contribution in [2.75, 3.05) is 18.2 Å². The van der Waals surface area contributed by atoms with Gasteiger partial charge in [0.1, 0.15) is 11.6 Å². The van der Waals surface area contributed by atoms with E-state index in [1.165, 1.54) is 11.8 Å². The van der Waals surface area contributed by atoms with E-state index < -0.39 is 0 Å². The van der Waals surface area contributed by atoms with Gasteiger partial charge in [-0.3, -0.25) is 4.79 Å². The van der Waals surface area contributed by atoms with Gasteiger partial charge < -0.3 is 14.6 Å². The van der Waals surface area contributed by atoms with Crippen LogP contribution in [0.1, 0.15) is 11.4 Å². The molecular formula is C21H21BrN4O2S. The second-order valence-corrected chi connectivity index (χ2v) is 8.03. The maximum Gasteiger partial charge on any atom is 0.234 e. The lowest BCUT2D eigenvalue weighted by Gasteiger charge is -2.09. The molecule has 1 N–H and O–H groups in total. The second kappa shape index (κ2) is 10.3. The number of anilines is 1. The van der Waals surface area contributed by atoms with E-state index in [0.717, 1.165) is 27.3 Å². The molecule has 150 valence electrons. The van der Waals surface area contributed by atoms with Crippen molar-refractivity contribution in [2.45, 2.75) is 18.1 Å². The van der Waals surface area contributed by atoms with Gasteiger partial charge in [-0.15, -0.1) is 16.8 Å². The summed E-state index contributed by atoms with van der Waals surface area (Å²) >= 11 is 4.75. The molecule has 8 heteroatoms. The van der Waals surface area contributed by atoms with E-state index >= 15 is 0 Å². The molecule has 3 rings (SSSR count). The summed E-state index contributed by atoms with van der Waals surface area (Å²) in [5.41, 5.74) is 1.85. The number of nitrogens with one attached hydrogen (secondary N) is 1. The van der Waals surface area contributed by atoms with Gasteiger partial charge in [-0.2, -0.15) is 0 Å². The van der Waals surface area contributed by atoms with Gasteiger partial charge in [0, 0.05) is 23.1 Å². The molecule has 0 fully saturated rings. The number of amides is 1. The van der Waals surface area contributed by atoms with Crippen molar-refractivity contribution in [3.05, 3.63) is 77.0 Å². The highest BCUT2D eigenvalue weighted by Crippen LogP contribution is 2.21. The molecule has 1 heterocycles. The third-order valence-corrected chi connectivity index (χ3v) is 5.53. The highest BCUT2D eigenvalue weighted by atomic mass is 79.9. The molecule has 0 radical (unpaired) electrons. The van der Waals surface area contributed by atoms with E-state index in [9.17, 15) is 4.79 Å². The molecule has 0 saturated heterocycles. The zero-order valence-electron chi connectivity index (χ0n) is 16.0. The van der Waals surface area contributed by atoms with E-state index in [0.29, 0.717) is 18.1 Å². The number of carbonyl (C=O) groups is 1. The molecule has 0 aliphatic rings. The van der Waals surface area contributed by atoms with Crippen molar-refractivity contribution in [1.82, 2.24) is 14.8 Å². The number of hydrogen-bond donors (Lipinski definition) is 1. The second-order valence-electron chi connectivity index (χ2n) is 6.17. The Kier molecular flexibility index (Phi) is 7.48. The minimum absolute atomic E-state index is 0.0991. The number of methoxy groups -OCH3 is 1. The SMILES string of the molecule is C=CCn1c(Cc2ccc(OC)cc2)nnc1SCC(=O)Nc1cccc(Br)c1. The standard InChI is InChI=1S/C21H21BrN4O2S/c1-3-11-26-19(12-15-7-9-18(28-2)10-8-15)24-25-21(26)29-14-20(27)23-17-6-4-5-16(22)13-17/h3-10,13H,1,11-12,14H2,2H3,(H,23,27). The average molecular weight is 473 g/mol. The van der Waals surface area contributed by atoms with E-state index in [1.54, 1.807) is 13.2 Å². The number of halogens is 1. The number of carbonyl (C=O) groups excluding carboxylic acids is 1. The van der Waals surface area contributed by atoms with Crippen LogP contribution in [0, 0.1) is 0 Å². The predicted molar refractivity (Wildman–Crippen MR) is 120 cm³/mol. The summed E-state index contributed by atoms with van der Waals surface area (Å²) in [6.45, 7) is 4.40. The Balaban J connectivity index is 1.65. The van der Waals surface area contributed by atoms with Crippen LogP contribution in [0.15, 0.2) is 70.8 Å². The molecule has 0 aliphatic heterocycles. The Hall–Kier alpha value is -2.58. The van der Waals surface area contributed by atoms with Crippen molar-refractivity contribution in [3.63, 3.8) is 0 Å². The summed E-state index contributed by atoms with van der Waals surface area (Å²) in [5, 5.41) is 12.2. The van der Waals surface area contributed by atoms with Gasteiger partial charge in [0.15, 0.2) is 5.16 Å². The van der Waals surface area contributed by atoms with Crippen molar-refractivity contribution in [1.29, 1.82) is 0 Å². The topological polar surface area (TPSA) is 69.0 Å². The van der Waals surface area contributed by atoms with Gasteiger partial charge in [-0.25, -0.2) is 0 Å². The Morgan fingerprint density at radius 1 is 1.28 bits per heavy atom. The zero-order chi connectivity index (χ0) is 20.6. The quantitative estimate of drug-likeness (QED) is 0.365. The number of allylic oxidation sites excluding steroid dienone is 1. The molecule has 0 unspecified atom stereocenters. The highest BCUT2D eigenvalue weighted by Gasteiger charge is 2.14. The summed E-state index contributed by atoms with van der Waals surface area (Å²) < 4.78 is 8.09. The first-order valence-electron chi connectivity index (χ1n) is 8.93. The molecule has 2 aromatic carbocycles. The average Bonchev–Trinajstić information content (AvgIpc) is 3.09. The first kappa shape index (κ1) is 21.1. The van der Waals surface area contributed by atoms with Gasteiger partial charge in [0.2, 0.25) is 5.91 Å². The van der Waals surface area contributed by atoms with Gasteiger partial charge >= 0.3 is 0 Å². The molecule has 0 bridgehead atoms. The maximum absolute atomic E-state index is 12.3. The Bertz CT molecular complexity index is 989. The summed E-state index contributed by atoms with van der Waals surface area (Å²) in [6, 6.07) is 15.3. The smallest absolute Gasteiger partial charge is 0.234 e. The number of benzene rings is 2. The number of aromatic nitrogens is 3. The van der Waals surface area contributed by atoms with Crippen molar-refractivity contribution in [3.8, 4) is 5.75 Å². The van der Waals surface area contributed by atoms with Crippen molar-refractivity contribution >= 4 is 39.3 Å².